The molecule has 11 nitrogen and oxygen atoms in total. The van der Waals surface area contributed by atoms with Gasteiger partial charge in [0, 0.05) is 6.16 Å². The number of amides is 2. The summed E-state index contributed by atoms with van der Waals surface area (Å²) >= 11 is 0. The van der Waals surface area contributed by atoms with Gasteiger partial charge in [-0.15, -0.1) is 0 Å². The van der Waals surface area contributed by atoms with E-state index in [1.807, 2.05) is 0 Å². The average molecular weight is 469 g/mol. The van der Waals surface area contributed by atoms with Gasteiger partial charge in [0.05, 0.1) is 26.1 Å². The highest BCUT2D eigenvalue weighted by atomic mass is 31.2. The lowest BCUT2D eigenvalue weighted by molar-refractivity contribution is 0.0429. The van der Waals surface area contributed by atoms with Crippen molar-refractivity contribution in [3.05, 3.63) is 12.7 Å². The third-order valence-electron chi connectivity index (χ3n) is 3.80. The van der Waals surface area contributed by atoms with E-state index in [9.17, 15) is 19.3 Å². The zero-order valence-corrected chi connectivity index (χ0v) is 20.7. The molecule has 2 heterocycles. The maximum Gasteiger partial charge on any atom is 0.425 e. The van der Waals surface area contributed by atoms with Crippen LogP contribution >= 0.6 is 7.14 Å². The Morgan fingerprint density at radius 2 is 1.59 bits per heavy atom. The van der Waals surface area contributed by atoms with Gasteiger partial charge in [0.2, 0.25) is 0 Å². The van der Waals surface area contributed by atoms with Crippen LogP contribution in [0.3, 0.4) is 0 Å². The van der Waals surface area contributed by atoms with Gasteiger partial charge < -0.3 is 23.7 Å². The van der Waals surface area contributed by atoms with Crippen LogP contribution < -0.4 is 4.90 Å². The number of hydrogen-bond donors (Lipinski definition) is 1. The first-order valence-electron chi connectivity index (χ1n) is 10.1. The quantitative estimate of drug-likeness (QED) is 0.652. The summed E-state index contributed by atoms with van der Waals surface area (Å²) in [6, 6.07) is 0. The standard InChI is InChI=1S/C20H32N5O6P/c1-19(2,3)30-17(27)25(18(28)31-20(4,5)6)16-14-15(21-11-22-16)24(12-23-14)9-13(26)10-32(7,8)29/h11-13,26H,9-10H2,1-8H3/t13-/m1/s1. The number of nitrogens with zero attached hydrogens (tertiary/aromatic N) is 5. The van der Waals surface area contributed by atoms with E-state index in [0.717, 1.165) is 0 Å². The molecule has 1 atom stereocenters. The Morgan fingerprint density at radius 1 is 1.06 bits per heavy atom. The van der Waals surface area contributed by atoms with Gasteiger partial charge in [-0.1, -0.05) is 0 Å². The van der Waals surface area contributed by atoms with Crippen molar-refractivity contribution in [2.75, 3.05) is 24.4 Å². The number of carbonyl (C=O) groups is 2. The number of imide groups is 1. The van der Waals surface area contributed by atoms with E-state index < -0.39 is 36.6 Å². The first-order valence-corrected chi connectivity index (χ1v) is 12.9. The zero-order chi connectivity index (χ0) is 24.5. The largest absolute Gasteiger partial charge is 0.443 e. The fourth-order valence-corrected chi connectivity index (χ4v) is 3.95. The normalized spacial score (nSPS) is 13.7. The van der Waals surface area contributed by atoms with Crippen LogP contribution in [0.25, 0.3) is 11.2 Å². The lowest BCUT2D eigenvalue weighted by Gasteiger charge is -2.28. The van der Waals surface area contributed by atoms with Gasteiger partial charge in [0.25, 0.3) is 0 Å². The second-order valence-corrected chi connectivity index (χ2v) is 13.5. The van der Waals surface area contributed by atoms with Gasteiger partial charge in [0.15, 0.2) is 17.0 Å². The SMILES string of the molecule is CC(C)(C)OC(=O)N(C(=O)OC(C)(C)C)c1ncnc2c1ncn2C[C@@H](O)CP(C)(C)=O. The highest BCUT2D eigenvalue weighted by molar-refractivity contribution is 7.62. The Kier molecular flexibility index (Phi) is 7.36. The van der Waals surface area contributed by atoms with Crippen LogP contribution in [-0.2, 0) is 20.6 Å². The lowest BCUT2D eigenvalue weighted by Crippen LogP contribution is -2.44. The lowest BCUT2D eigenvalue weighted by atomic mass is 10.2. The van der Waals surface area contributed by atoms with Crippen molar-refractivity contribution >= 4 is 36.3 Å². The van der Waals surface area contributed by atoms with Gasteiger partial charge in [-0.2, -0.15) is 4.90 Å². The summed E-state index contributed by atoms with van der Waals surface area (Å²) in [6.07, 6.45) is -0.121. The summed E-state index contributed by atoms with van der Waals surface area (Å²) in [4.78, 5) is 39.0. The number of aromatic nitrogens is 4. The molecule has 2 aromatic rings. The smallest absolute Gasteiger partial charge is 0.425 e. The van der Waals surface area contributed by atoms with Crippen LogP contribution in [0.15, 0.2) is 12.7 Å². The third-order valence-corrected chi connectivity index (χ3v) is 5.10. The fraction of sp³-hybridized carbons (Fsp3) is 0.650. The molecule has 0 saturated carbocycles. The first kappa shape index (κ1) is 25.7. The van der Waals surface area contributed by atoms with Gasteiger partial charge in [0.1, 0.15) is 17.5 Å². The maximum atomic E-state index is 12.9. The van der Waals surface area contributed by atoms with Crippen LogP contribution in [0.2, 0.25) is 0 Å². The Morgan fingerprint density at radius 3 is 2.06 bits per heavy atom. The molecule has 0 fully saturated rings. The van der Waals surface area contributed by atoms with Crippen molar-refractivity contribution in [3.8, 4) is 0 Å². The molecule has 0 aromatic carbocycles. The summed E-state index contributed by atoms with van der Waals surface area (Å²) in [5.41, 5.74) is -1.32. The number of imidazole rings is 1. The van der Waals surface area contributed by atoms with Crippen molar-refractivity contribution in [1.29, 1.82) is 0 Å². The summed E-state index contributed by atoms with van der Waals surface area (Å²) in [7, 11) is -2.44. The predicted molar refractivity (Wildman–Crippen MR) is 121 cm³/mol. The van der Waals surface area contributed by atoms with Crippen LogP contribution in [0.4, 0.5) is 15.4 Å². The molecule has 2 amide bonds. The first-order chi connectivity index (χ1) is 14.5. The highest BCUT2D eigenvalue weighted by Gasteiger charge is 2.35. The minimum absolute atomic E-state index is 0.0809. The molecule has 178 valence electrons. The molecule has 0 radical (unpaired) electrons. The monoisotopic (exact) mass is 469 g/mol. The molecule has 0 aliphatic carbocycles. The second kappa shape index (κ2) is 9.15. The van der Waals surface area contributed by atoms with E-state index in [-0.39, 0.29) is 29.7 Å². The fourth-order valence-electron chi connectivity index (χ4n) is 2.82. The number of hydrogen-bond acceptors (Lipinski definition) is 9. The molecule has 0 bridgehead atoms. The van der Waals surface area contributed by atoms with E-state index in [1.165, 1.54) is 12.7 Å². The second-order valence-electron chi connectivity index (χ2n) is 9.97. The predicted octanol–water partition coefficient (Wildman–Crippen LogP) is 3.49. The van der Waals surface area contributed by atoms with Gasteiger partial charge in [-0.25, -0.2) is 24.5 Å². The van der Waals surface area contributed by atoms with Gasteiger partial charge in [-0.05, 0) is 54.9 Å². The number of rotatable bonds is 5. The Bertz CT molecular complexity index is 1010. The Labute approximate surface area is 187 Å². The van der Waals surface area contributed by atoms with Crippen LogP contribution in [0, 0.1) is 0 Å². The number of anilines is 1. The van der Waals surface area contributed by atoms with Crippen LogP contribution in [0.1, 0.15) is 41.5 Å². The molecule has 0 aliphatic heterocycles. The molecule has 12 heteroatoms. The van der Waals surface area contributed by atoms with E-state index in [2.05, 4.69) is 15.0 Å². The van der Waals surface area contributed by atoms with E-state index in [0.29, 0.717) is 4.90 Å². The number of ether oxygens (including phenoxy) is 2. The highest BCUT2D eigenvalue weighted by Crippen LogP contribution is 2.36. The molecule has 1 N–H and O–H groups in total. The summed E-state index contributed by atoms with van der Waals surface area (Å²) in [5.74, 6) is -0.108. The topological polar surface area (TPSA) is 137 Å². The van der Waals surface area contributed by atoms with Crippen molar-refractivity contribution in [1.82, 2.24) is 19.5 Å². The molecule has 0 spiro atoms. The number of carbonyl (C=O) groups excluding carboxylic acids is 2. The number of aliphatic hydroxyl groups is 1. The summed E-state index contributed by atoms with van der Waals surface area (Å²) < 4.78 is 24.3. The van der Waals surface area contributed by atoms with Crippen molar-refractivity contribution < 1.29 is 28.7 Å². The summed E-state index contributed by atoms with van der Waals surface area (Å²) in [6.45, 7) is 13.3. The minimum Gasteiger partial charge on any atom is -0.443 e. The minimum atomic E-state index is -2.44. The zero-order valence-electron chi connectivity index (χ0n) is 19.8. The molecule has 2 rings (SSSR count). The van der Waals surface area contributed by atoms with Gasteiger partial charge >= 0.3 is 12.2 Å². The van der Waals surface area contributed by atoms with Crippen molar-refractivity contribution in [2.45, 2.75) is 65.4 Å². The van der Waals surface area contributed by atoms with Crippen LogP contribution in [0.5, 0.6) is 0 Å². The third kappa shape index (κ3) is 7.27. The average Bonchev–Trinajstić information content (AvgIpc) is 2.93. The van der Waals surface area contributed by atoms with E-state index in [4.69, 9.17) is 9.47 Å². The Hall–Kier alpha value is -2.52. The molecule has 0 aliphatic rings. The molecular formula is C20H32N5O6P. The van der Waals surface area contributed by atoms with Crippen LogP contribution in [-0.4, -0.2) is 73.6 Å². The number of fused-ring (bicyclic) bond motifs is 1. The van der Waals surface area contributed by atoms with Crippen molar-refractivity contribution in [3.63, 3.8) is 0 Å². The molecule has 0 saturated heterocycles. The number of aliphatic hydroxyl groups excluding tert-OH is 1. The molecule has 32 heavy (non-hydrogen) atoms. The molecule has 0 unspecified atom stereocenters. The summed E-state index contributed by atoms with van der Waals surface area (Å²) in [5, 5.41) is 10.3. The van der Waals surface area contributed by atoms with E-state index >= 15 is 0 Å². The maximum absolute atomic E-state index is 12.9. The molecular weight excluding hydrogens is 437 g/mol. The van der Waals surface area contributed by atoms with Crippen molar-refractivity contribution in [2.24, 2.45) is 0 Å². The molecule has 2 aromatic heterocycles. The van der Waals surface area contributed by atoms with E-state index in [1.54, 1.807) is 59.4 Å². The van der Waals surface area contributed by atoms with Gasteiger partial charge in [-0.3, -0.25) is 0 Å². The Balaban J connectivity index is 2.49.